The van der Waals surface area contributed by atoms with E-state index in [0.717, 1.165) is 25.0 Å². The molecule has 0 aliphatic carbocycles. The zero-order chi connectivity index (χ0) is 19.4. The Kier molecular flexibility index (Phi) is 6.44. The van der Waals surface area contributed by atoms with E-state index in [2.05, 4.69) is 29.0 Å². The first kappa shape index (κ1) is 19.8. The molecule has 0 saturated carbocycles. The van der Waals surface area contributed by atoms with Gasteiger partial charge in [0, 0.05) is 32.1 Å². The van der Waals surface area contributed by atoms with Crippen molar-refractivity contribution in [2.24, 2.45) is 5.92 Å². The number of para-hydroxylation sites is 1. The standard InChI is InChI=1S/C20H28N4O2S/c1-14(2)23-10-5-6-15(13-23)12-21-18(25)9-11-24-19(26)16-7-3-4-8-17(16)22-20(24)27/h3-4,7-8,14-15H,5-6,9-13H2,1-2H3,(H,21,25)(H,22,27). The maximum Gasteiger partial charge on any atom is 0.262 e. The lowest BCUT2D eigenvalue weighted by Crippen LogP contribution is -2.43. The number of fused-ring (bicyclic) bond motifs is 1. The third-order valence-electron chi connectivity index (χ3n) is 5.32. The highest BCUT2D eigenvalue weighted by molar-refractivity contribution is 7.71. The van der Waals surface area contributed by atoms with Crippen molar-refractivity contribution in [2.45, 2.75) is 45.7 Å². The maximum atomic E-state index is 12.6. The molecule has 1 aliphatic heterocycles. The summed E-state index contributed by atoms with van der Waals surface area (Å²) in [5, 5.41) is 3.62. The van der Waals surface area contributed by atoms with Gasteiger partial charge in [-0.2, -0.15) is 0 Å². The molecular weight excluding hydrogens is 360 g/mol. The van der Waals surface area contributed by atoms with E-state index in [1.54, 1.807) is 6.07 Å². The Morgan fingerprint density at radius 3 is 2.93 bits per heavy atom. The van der Waals surface area contributed by atoms with E-state index >= 15 is 0 Å². The predicted octanol–water partition coefficient (Wildman–Crippen LogP) is 2.69. The summed E-state index contributed by atoms with van der Waals surface area (Å²) < 4.78 is 1.82. The molecule has 1 aromatic heterocycles. The normalized spacial score (nSPS) is 18.1. The van der Waals surface area contributed by atoms with E-state index in [1.807, 2.05) is 18.2 Å². The van der Waals surface area contributed by atoms with Crippen LogP contribution in [0.5, 0.6) is 0 Å². The number of amides is 1. The number of hydrogen-bond donors (Lipinski definition) is 2. The first-order valence-electron chi connectivity index (χ1n) is 9.68. The van der Waals surface area contributed by atoms with Crippen molar-refractivity contribution < 1.29 is 4.79 Å². The average molecular weight is 389 g/mol. The zero-order valence-electron chi connectivity index (χ0n) is 16.0. The number of rotatable bonds is 6. The van der Waals surface area contributed by atoms with Crippen LogP contribution in [0.2, 0.25) is 0 Å². The van der Waals surface area contributed by atoms with Gasteiger partial charge < -0.3 is 15.2 Å². The van der Waals surface area contributed by atoms with Crippen LogP contribution in [0.15, 0.2) is 29.1 Å². The number of aromatic amines is 1. The molecule has 2 heterocycles. The smallest absolute Gasteiger partial charge is 0.262 e. The fraction of sp³-hybridized carbons (Fsp3) is 0.550. The molecule has 1 saturated heterocycles. The highest BCUT2D eigenvalue weighted by Crippen LogP contribution is 2.17. The van der Waals surface area contributed by atoms with Crippen LogP contribution < -0.4 is 10.9 Å². The summed E-state index contributed by atoms with van der Waals surface area (Å²) in [6.45, 7) is 7.59. The Balaban J connectivity index is 1.56. The minimum Gasteiger partial charge on any atom is -0.356 e. The molecule has 1 unspecified atom stereocenters. The topological polar surface area (TPSA) is 70.1 Å². The van der Waals surface area contributed by atoms with Crippen LogP contribution in [0, 0.1) is 10.7 Å². The fourth-order valence-corrected chi connectivity index (χ4v) is 3.98. The minimum absolute atomic E-state index is 0.0360. The lowest BCUT2D eigenvalue weighted by Gasteiger charge is -2.35. The molecule has 146 valence electrons. The van der Waals surface area contributed by atoms with Crippen LogP contribution in [0.25, 0.3) is 10.9 Å². The number of nitrogens with one attached hydrogen (secondary N) is 2. The second kappa shape index (κ2) is 8.80. The number of aromatic nitrogens is 2. The number of nitrogens with zero attached hydrogens (tertiary/aromatic N) is 2. The molecule has 2 aromatic rings. The molecule has 7 heteroatoms. The molecule has 0 bridgehead atoms. The Bertz CT molecular complexity index is 918. The van der Waals surface area contributed by atoms with Crippen molar-refractivity contribution in [3.05, 3.63) is 39.4 Å². The number of likely N-dealkylation sites (tertiary alicyclic amines) is 1. The van der Waals surface area contributed by atoms with Crippen LogP contribution >= 0.6 is 12.2 Å². The van der Waals surface area contributed by atoms with E-state index in [4.69, 9.17) is 12.2 Å². The molecule has 27 heavy (non-hydrogen) atoms. The van der Waals surface area contributed by atoms with Crippen LogP contribution in [0.3, 0.4) is 0 Å². The highest BCUT2D eigenvalue weighted by Gasteiger charge is 2.21. The Morgan fingerprint density at radius 2 is 2.15 bits per heavy atom. The lowest BCUT2D eigenvalue weighted by atomic mass is 9.97. The van der Waals surface area contributed by atoms with Crippen molar-refractivity contribution in [1.29, 1.82) is 0 Å². The van der Waals surface area contributed by atoms with Gasteiger partial charge in [0.15, 0.2) is 4.77 Å². The van der Waals surface area contributed by atoms with Gasteiger partial charge in [-0.15, -0.1) is 0 Å². The number of hydrogen-bond acceptors (Lipinski definition) is 4. The van der Waals surface area contributed by atoms with Crippen LogP contribution in [0.4, 0.5) is 0 Å². The summed E-state index contributed by atoms with van der Waals surface area (Å²) >= 11 is 5.29. The van der Waals surface area contributed by atoms with Crippen molar-refractivity contribution in [3.8, 4) is 0 Å². The summed E-state index contributed by atoms with van der Waals surface area (Å²) in [5.74, 6) is 0.461. The van der Waals surface area contributed by atoms with Crippen LogP contribution in [-0.4, -0.2) is 46.0 Å². The van der Waals surface area contributed by atoms with Crippen molar-refractivity contribution in [1.82, 2.24) is 19.8 Å². The van der Waals surface area contributed by atoms with Gasteiger partial charge in [0.05, 0.1) is 10.9 Å². The maximum absolute atomic E-state index is 12.6. The van der Waals surface area contributed by atoms with Crippen LogP contribution in [-0.2, 0) is 11.3 Å². The molecule has 1 fully saturated rings. The molecule has 0 radical (unpaired) electrons. The van der Waals surface area contributed by atoms with Gasteiger partial charge in [0.25, 0.3) is 5.56 Å². The van der Waals surface area contributed by atoms with Crippen molar-refractivity contribution in [3.63, 3.8) is 0 Å². The quantitative estimate of drug-likeness (QED) is 0.747. The molecule has 1 amide bonds. The molecule has 2 N–H and O–H groups in total. The van der Waals surface area contributed by atoms with Gasteiger partial charge in [-0.3, -0.25) is 14.2 Å². The summed E-state index contributed by atoms with van der Waals surface area (Å²) in [7, 11) is 0. The van der Waals surface area contributed by atoms with Gasteiger partial charge in [-0.05, 0) is 63.5 Å². The molecule has 1 aliphatic rings. The highest BCUT2D eigenvalue weighted by atomic mass is 32.1. The largest absolute Gasteiger partial charge is 0.356 e. The molecule has 6 nitrogen and oxygen atoms in total. The Morgan fingerprint density at radius 1 is 1.37 bits per heavy atom. The second-order valence-electron chi connectivity index (χ2n) is 7.58. The average Bonchev–Trinajstić information content (AvgIpc) is 2.66. The van der Waals surface area contributed by atoms with E-state index < -0.39 is 0 Å². The number of carbonyl (C=O) groups excluding carboxylic acids is 1. The third-order valence-corrected chi connectivity index (χ3v) is 5.64. The van der Waals surface area contributed by atoms with Crippen molar-refractivity contribution in [2.75, 3.05) is 19.6 Å². The number of benzene rings is 1. The predicted molar refractivity (Wildman–Crippen MR) is 110 cm³/mol. The summed E-state index contributed by atoms with van der Waals surface area (Å²) in [5.41, 5.74) is 0.571. The second-order valence-corrected chi connectivity index (χ2v) is 7.97. The van der Waals surface area contributed by atoms with E-state index in [1.165, 1.54) is 11.0 Å². The monoisotopic (exact) mass is 388 g/mol. The Hall–Kier alpha value is -1.99. The summed E-state index contributed by atoms with van der Waals surface area (Å²) in [6, 6.07) is 7.82. The molecule has 1 atom stereocenters. The van der Waals surface area contributed by atoms with Gasteiger partial charge >= 0.3 is 0 Å². The van der Waals surface area contributed by atoms with Gasteiger partial charge in [-0.1, -0.05) is 12.1 Å². The Labute approximate surface area is 164 Å². The molecule has 3 rings (SSSR count). The van der Waals surface area contributed by atoms with Gasteiger partial charge in [0.1, 0.15) is 0 Å². The molecule has 1 aromatic carbocycles. The fourth-order valence-electron chi connectivity index (χ4n) is 3.69. The zero-order valence-corrected chi connectivity index (χ0v) is 16.8. The summed E-state index contributed by atoms with van der Waals surface area (Å²) in [6.07, 6.45) is 2.58. The van der Waals surface area contributed by atoms with Crippen molar-refractivity contribution >= 4 is 29.0 Å². The first-order valence-corrected chi connectivity index (χ1v) is 10.1. The number of piperidine rings is 1. The van der Waals surface area contributed by atoms with Gasteiger partial charge in [0.2, 0.25) is 5.91 Å². The number of carbonyl (C=O) groups is 1. The third kappa shape index (κ3) is 4.84. The SMILES string of the molecule is CC(C)N1CCCC(CNC(=O)CCn2c(=S)[nH]c3ccccc3c2=O)C1. The van der Waals surface area contributed by atoms with E-state index in [9.17, 15) is 9.59 Å². The van der Waals surface area contributed by atoms with Crippen LogP contribution in [0.1, 0.15) is 33.1 Å². The minimum atomic E-state index is -0.151. The van der Waals surface area contributed by atoms with E-state index in [-0.39, 0.29) is 24.4 Å². The molecular formula is C20H28N4O2S. The molecule has 0 spiro atoms. The van der Waals surface area contributed by atoms with E-state index in [0.29, 0.717) is 28.7 Å². The number of H-pyrrole nitrogens is 1. The first-order chi connectivity index (χ1) is 13.0. The van der Waals surface area contributed by atoms with Gasteiger partial charge in [-0.25, -0.2) is 0 Å². The lowest BCUT2D eigenvalue weighted by molar-refractivity contribution is -0.121. The summed E-state index contributed by atoms with van der Waals surface area (Å²) in [4.78, 5) is 30.4.